The molecule has 1 aromatic carbocycles. The summed E-state index contributed by atoms with van der Waals surface area (Å²) in [5.74, 6) is -1.02. The molecule has 0 aliphatic heterocycles. The van der Waals surface area contributed by atoms with Gasteiger partial charge >= 0.3 is 0 Å². The highest BCUT2D eigenvalue weighted by Crippen LogP contribution is 2.29. The first-order valence-corrected chi connectivity index (χ1v) is 8.60. The van der Waals surface area contributed by atoms with Crippen LogP contribution in [-0.4, -0.2) is 32.6 Å². The molecule has 132 valence electrons. The number of hydrogen-bond donors (Lipinski definition) is 2. The Morgan fingerprint density at radius 2 is 1.38 bits per heavy atom. The van der Waals surface area contributed by atoms with Crippen LogP contribution in [-0.2, 0) is 9.47 Å². The van der Waals surface area contributed by atoms with Gasteiger partial charge in [0.1, 0.15) is 13.2 Å². The number of benzene rings is 1. The standard InChI is InChI=1S/C14H12Cl6N2O2/c15-13(16,17)11(21)23-7-6-10(9-4-2-1-3-5-9)8-24-12(22)14(18,19)20/h1-6,21-22H,7-8H2/b10-6+,21-11?,22-12?. The number of halogens is 6. The Morgan fingerprint density at radius 1 is 0.875 bits per heavy atom. The highest BCUT2D eigenvalue weighted by Gasteiger charge is 2.29. The molecule has 10 heteroatoms. The summed E-state index contributed by atoms with van der Waals surface area (Å²) in [6, 6.07) is 9.16. The van der Waals surface area contributed by atoms with Crippen molar-refractivity contribution >= 4 is 87.0 Å². The molecule has 2 N–H and O–H groups in total. The summed E-state index contributed by atoms with van der Waals surface area (Å²) in [5, 5.41) is 15.0. The average Bonchev–Trinajstić information content (AvgIpc) is 2.49. The van der Waals surface area contributed by atoms with E-state index in [4.69, 9.17) is 89.9 Å². The maximum Gasteiger partial charge on any atom is 0.265 e. The van der Waals surface area contributed by atoms with Crippen molar-refractivity contribution in [3.05, 3.63) is 42.0 Å². The first kappa shape index (κ1) is 21.7. The Labute approximate surface area is 169 Å². The second-order valence-corrected chi connectivity index (χ2v) is 8.91. The fourth-order valence-corrected chi connectivity index (χ4v) is 1.78. The van der Waals surface area contributed by atoms with Crippen molar-refractivity contribution in [3.8, 4) is 0 Å². The Hall–Kier alpha value is -0.360. The van der Waals surface area contributed by atoms with E-state index in [-0.39, 0.29) is 13.2 Å². The van der Waals surface area contributed by atoms with Crippen molar-refractivity contribution in [1.29, 1.82) is 10.8 Å². The molecule has 1 aromatic rings. The zero-order valence-corrected chi connectivity index (χ0v) is 16.5. The molecule has 0 fully saturated rings. The molecule has 0 spiro atoms. The number of nitrogens with one attached hydrogen (secondary N) is 2. The van der Waals surface area contributed by atoms with E-state index in [1.165, 1.54) is 0 Å². The predicted molar refractivity (Wildman–Crippen MR) is 102 cm³/mol. The summed E-state index contributed by atoms with van der Waals surface area (Å²) in [7, 11) is 0. The second kappa shape index (κ2) is 9.37. The highest BCUT2D eigenvalue weighted by molar-refractivity contribution is 6.76. The average molecular weight is 453 g/mol. The van der Waals surface area contributed by atoms with Gasteiger partial charge in [-0.2, -0.15) is 0 Å². The first-order chi connectivity index (χ1) is 11.0. The smallest absolute Gasteiger partial charge is 0.265 e. The van der Waals surface area contributed by atoms with Crippen molar-refractivity contribution in [1.82, 2.24) is 0 Å². The van der Waals surface area contributed by atoms with E-state index >= 15 is 0 Å². The highest BCUT2D eigenvalue weighted by atomic mass is 35.6. The molecular weight excluding hydrogens is 441 g/mol. The topological polar surface area (TPSA) is 66.2 Å². The first-order valence-electron chi connectivity index (χ1n) is 6.33. The van der Waals surface area contributed by atoms with Gasteiger partial charge in [0.05, 0.1) is 0 Å². The van der Waals surface area contributed by atoms with E-state index in [9.17, 15) is 0 Å². The summed E-state index contributed by atoms with van der Waals surface area (Å²) >= 11 is 33.3. The molecule has 1 rings (SSSR count). The van der Waals surface area contributed by atoms with E-state index in [2.05, 4.69) is 0 Å². The Balaban J connectivity index is 2.81. The lowest BCUT2D eigenvalue weighted by atomic mass is 10.1. The van der Waals surface area contributed by atoms with Crippen LogP contribution in [0.15, 0.2) is 36.4 Å². The van der Waals surface area contributed by atoms with Crippen molar-refractivity contribution in [2.75, 3.05) is 13.2 Å². The van der Waals surface area contributed by atoms with Crippen molar-refractivity contribution in [2.45, 2.75) is 7.59 Å². The molecule has 4 nitrogen and oxygen atoms in total. The largest absolute Gasteiger partial charge is 0.474 e. The molecule has 24 heavy (non-hydrogen) atoms. The molecule has 0 aromatic heterocycles. The van der Waals surface area contributed by atoms with Gasteiger partial charge in [-0.15, -0.1) is 0 Å². The normalized spacial score (nSPS) is 12.7. The monoisotopic (exact) mass is 450 g/mol. The van der Waals surface area contributed by atoms with E-state index in [1.807, 2.05) is 30.3 Å². The Morgan fingerprint density at radius 3 is 1.88 bits per heavy atom. The maximum absolute atomic E-state index is 7.56. The molecule has 0 saturated heterocycles. The molecule has 0 heterocycles. The molecule has 0 amide bonds. The lowest BCUT2D eigenvalue weighted by molar-refractivity contribution is 0.332. The third kappa shape index (κ3) is 7.68. The van der Waals surface area contributed by atoms with Crippen LogP contribution >= 0.6 is 69.6 Å². The van der Waals surface area contributed by atoms with Gasteiger partial charge in [-0.1, -0.05) is 99.9 Å². The summed E-state index contributed by atoms with van der Waals surface area (Å²) in [6.45, 7) is -0.0807. The quantitative estimate of drug-likeness (QED) is 0.337. The van der Waals surface area contributed by atoms with Crippen LogP contribution in [0.5, 0.6) is 0 Å². The van der Waals surface area contributed by atoms with Crippen molar-refractivity contribution in [3.63, 3.8) is 0 Å². The van der Waals surface area contributed by atoms with E-state index < -0.39 is 19.4 Å². The van der Waals surface area contributed by atoms with Crippen molar-refractivity contribution < 1.29 is 9.47 Å². The van der Waals surface area contributed by atoms with Gasteiger partial charge in [0.25, 0.3) is 7.59 Å². The van der Waals surface area contributed by atoms with Gasteiger partial charge in [0.2, 0.25) is 11.8 Å². The fraction of sp³-hybridized carbons (Fsp3) is 0.286. The van der Waals surface area contributed by atoms with Crippen LogP contribution in [0, 0.1) is 10.8 Å². The zero-order chi connectivity index (χ0) is 18.4. The molecule has 0 saturated carbocycles. The molecule has 0 aliphatic rings. The summed E-state index contributed by atoms with van der Waals surface area (Å²) < 4.78 is 6.35. The van der Waals surface area contributed by atoms with Gasteiger partial charge < -0.3 is 9.47 Å². The van der Waals surface area contributed by atoms with Gasteiger partial charge in [0, 0.05) is 0 Å². The van der Waals surface area contributed by atoms with Gasteiger partial charge in [-0.25, -0.2) is 0 Å². The summed E-state index contributed by atoms with van der Waals surface area (Å²) in [6.07, 6.45) is 1.62. The SMILES string of the molecule is N=C(OC/C=C(\COC(=N)C(Cl)(Cl)Cl)c1ccccc1)C(Cl)(Cl)Cl. The minimum atomic E-state index is -1.95. The van der Waals surface area contributed by atoms with Gasteiger partial charge in [-0.3, -0.25) is 10.8 Å². The molecule has 0 atom stereocenters. The van der Waals surface area contributed by atoms with E-state index in [0.717, 1.165) is 5.56 Å². The molecule has 0 aliphatic carbocycles. The van der Waals surface area contributed by atoms with Crippen LogP contribution in [0.2, 0.25) is 0 Å². The minimum absolute atomic E-state index is 0.0402. The summed E-state index contributed by atoms with van der Waals surface area (Å²) in [5.41, 5.74) is 1.45. The van der Waals surface area contributed by atoms with Crippen LogP contribution in [0.3, 0.4) is 0 Å². The molecular formula is C14H12Cl6N2O2. The molecule has 0 radical (unpaired) electrons. The lowest BCUT2D eigenvalue weighted by Crippen LogP contribution is -2.22. The van der Waals surface area contributed by atoms with Gasteiger partial charge in [0.15, 0.2) is 0 Å². The Bertz CT molecular complexity index is 608. The number of rotatable bonds is 5. The lowest BCUT2D eigenvalue weighted by Gasteiger charge is -2.16. The Kier molecular flexibility index (Phi) is 8.46. The summed E-state index contributed by atoms with van der Waals surface area (Å²) in [4.78, 5) is 0. The fourth-order valence-electron chi connectivity index (χ4n) is 1.45. The predicted octanol–water partition coefficient (Wildman–Crippen LogP) is 5.80. The van der Waals surface area contributed by atoms with Gasteiger partial charge in [-0.05, 0) is 17.2 Å². The third-order valence-corrected chi connectivity index (χ3v) is 3.62. The third-order valence-electron chi connectivity index (χ3n) is 2.59. The molecule has 0 bridgehead atoms. The zero-order valence-electron chi connectivity index (χ0n) is 12.0. The van der Waals surface area contributed by atoms with Crippen LogP contribution in [0.25, 0.3) is 5.57 Å². The van der Waals surface area contributed by atoms with Crippen LogP contribution in [0.1, 0.15) is 5.56 Å². The maximum atomic E-state index is 7.56. The van der Waals surface area contributed by atoms with Crippen LogP contribution < -0.4 is 0 Å². The second-order valence-electron chi connectivity index (χ2n) is 4.35. The molecule has 0 unspecified atom stereocenters. The van der Waals surface area contributed by atoms with E-state index in [1.54, 1.807) is 6.08 Å². The minimum Gasteiger partial charge on any atom is -0.474 e. The number of alkyl halides is 6. The number of hydrogen-bond acceptors (Lipinski definition) is 4. The van der Waals surface area contributed by atoms with Crippen molar-refractivity contribution in [2.24, 2.45) is 0 Å². The number of ether oxygens (including phenoxy) is 2. The van der Waals surface area contributed by atoms with Crippen LogP contribution in [0.4, 0.5) is 0 Å². The van der Waals surface area contributed by atoms with E-state index in [0.29, 0.717) is 5.57 Å².